The van der Waals surface area contributed by atoms with Crippen LogP contribution in [0.15, 0.2) is 0 Å². The average Bonchev–Trinajstić information content (AvgIpc) is 3.21. The predicted octanol–water partition coefficient (Wildman–Crippen LogP) is 1.33. The molecule has 3 aliphatic heterocycles. The molecular formula is C20H32N2O5S. The van der Waals surface area contributed by atoms with E-state index in [-0.39, 0.29) is 36.2 Å². The van der Waals surface area contributed by atoms with Gasteiger partial charge in [0.2, 0.25) is 11.8 Å². The molecule has 3 aliphatic rings. The first-order valence-corrected chi connectivity index (χ1v) is 11.1. The number of rotatable bonds is 7. The monoisotopic (exact) mass is 412 g/mol. The number of carbonyl (C=O) groups excluding carboxylic acids is 3. The highest BCUT2D eigenvalue weighted by molar-refractivity contribution is 8.02. The lowest BCUT2D eigenvalue weighted by Gasteiger charge is -2.36. The van der Waals surface area contributed by atoms with Gasteiger partial charge < -0.3 is 20.1 Å². The number of nitrogens with zero attached hydrogens (tertiary/aromatic N) is 1. The van der Waals surface area contributed by atoms with Crippen LogP contribution in [-0.2, 0) is 19.1 Å². The van der Waals surface area contributed by atoms with Crippen molar-refractivity contribution < 1.29 is 24.2 Å². The SMILES string of the molecule is CCOC(=O)[C@@H]1[C@H]2C(=O)N(CCCCO)C(C(=O)NC(C)(C)C)C23CC[C@H]1S3. The van der Waals surface area contributed by atoms with Crippen LogP contribution in [0.4, 0.5) is 0 Å². The molecule has 3 saturated heterocycles. The van der Waals surface area contributed by atoms with Gasteiger partial charge in [0.15, 0.2) is 0 Å². The van der Waals surface area contributed by atoms with E-state index >= 15 is 0 Å². The Morgan fingerprint density at radius 2 is 2.07 bits per heavy atom. The smallest absolute Gasteiger partial charge is 0.310 e. The van der Waals surface area contributed by atoms with Gasteiger partial charge in [-0.25, -0.2) is 0 Å². The van der Waals surface area contributed by atoms with Crippen LogP contribution < -0.4 is 5.32 Å². The van der Waals surface area contributed by atoms with Crippen molar-refractivity contribution in [2.45, 2.75) is 75.0 Å². The third kappa shape index (κ3) is 3.54. The summed E-state index contributed by atoms with van der Waals surface area (Å²) >= 11 is 1.65. The highest BCUT2D eigenvalue weighted by atomic mass is 32.2. The van der Waals surface area contributed by atoms with Crippen molar-refractivity contribution in [3.8, 4) is 0 Å². The number of ether oxygens (including phenoxy) is 1. The predicted molar refractivity (Wildman–Crippen MR) is 107 cm³/mol. The summed E-state index contributed by atoms with van der Waals surface area (Å²) in [5.41, 5.74) is -0.409. The molecule has 7 nitrogen and oxygen atoms in total. The number of likely N-dealkylation sites (tertiary alicyclic amines) is 1. The molecule has 2 amide bonds. The number of amides is 2. The van der Waals surface area contributed by atoms with Gasteiger partial charge in [-0.2, -0.15) is 0 Å². The molecule has 2 bridgehead atoms. The zero-order chi connectivity index (χ0) is 20.7. The third-order valence-electron chi connectivity index (χ3n) is 5.91. The van der Waals surface area contributed by atoms with Crippen molar-refractivity contribution >= 4 is 29.5 Å². The van der Waals surface area contributed by atoms with Crippen LogP contribution in [-0.4, -0.2) is 69.1 Å². The molecule has 3 fully saturated rings. The van der Waals surface area contributed by atoms with Crippen molar-refractivity contribution in [2.75, 3.05) is 19.8 Å². The Morgan fingerprint density at radius 1 is 1.36 bits per heavy atom. The van der Waals surface area contributed by atoms with Gasteiger partial charge in [0, 0.05) is 23.9 Å². The number of hydrogen-bond donors (Lipinski definition) is 2. The minimum absolute atomic E-state index is 0.0394. The number of nitrogens with one attached hydrogen (secondary N) is 1. The van der Waals surface area contributed by atoms with E-state index in [1.807, 2.05) is 20.8 Å². The number of carbonyl (C=O) groups is 3. The number of unbranched alkanes of at least 4 members (excludes halogenated alkanes) is 1. The lowest BCUT2D eigenvalue weighted by Crippen LogP contribution is -2.57. The second kappa shape index (κ2) is 7.86. The van der Waals surface area contributed by atoms with Gasteiger partial charge in [-0.05, 0) is 53.4 Å². The molecule has 28 heavy (non-hydrogen) atoms. The van der Waals surface area contributed by atoms with Crippen LogP contribution in [0.2, 0.25) is 0 Å². The number of aliphatic hydroxyl groups is 1. The summed E-state index contributed by atoms with van der Waals surface area (Å²) in [5.74, 6) is -1.55. The van der Waals surface area contributed by atoms with E-state index in [9.17, 15) is 14.4 Å². The summed E-state index contributed by atoms with van der Waals surface area (Å²) in [6.07, 6.45) is 2.78. The molecule has 3 rings (SSSR count). The van der Waals surface area contributed by atoms with Gasteiger partial charge in [0.1, 0.15) is 6.04 Å². The van der Waals surface area contributed by atoms with Crippen molar-refractivity contribution in [2.24, 2.45) is 11.8 Å². The quantitative estimate of drug-likeness (QED) is 0.484. The summed E-state index contributed by atoms with van der Waals surface area (Å²) in [6, 6.07) is -0.586. The number of hydrogen-bond acceptors (Lipinski definition) is 6. The second-order valence-corrected chi connectivity index (χ2v) is 10.6. The van der Waals surface area contributed by atoms with E-state index in [0.29, 0.717) is 19.4 Å². The van der Waals surface area contributed by atoms with Crippen LogP contribution in [0, 0.1) is 11.8 Å². The van der Waals surface area contributed by atoms with Gasteiger partial charge in [0.25, 0.3) is 0 Å². The average molecular weight is 413 g/mol. The van der Waals surface area contributed by atoms with Crippen LogP contribution in [0.1, 0.15) is 53.4 Å². The van der Waals surface area contributed by atoms with Gasteiger partial charge in [-0.1, -0.05) is 0 Å². The van der Waals surface area contributed by atoms with Crippen LogP contribution in [0.5, 0.6) is 0 Å². The van der Waals surface area contributed by atoms with Crippen LogP contribution >= 0.6 is 11.8 Å². The molecular weight excluding hydrogens is 380 g/mol. The number of thioether (sulfide) groups is 1. The summed E-state index contributed by atoms with van der Waals surface area (Å²) in [7, 11) is 0. The molecule has 2 N–H and O–H groups in total. The van der Waals surface area contributed by atoms with E-state index in [1.165, 1.54) is 0 Å². The summed E-state index contributed by atoms with van der Waals surface area (Å²) in [6.45, 7) is 8.30. The van der Waals surface area contributed by atoms with Crippen LogP contribution in [0.25, 0.3) is 0 Å². The molecule has 0 aliphatic carbocycles. The highest BCUT2D eigenvalue weighted by Gasteiger charge is 2.73. The standard InChI is InChI=1S/C20H32N2O5S/c1-5-27-18(26)13-12-8-9-20(28-12)14(13)17(25)22(10-6-7-11-23)15(20)16(24)21-19(2,3)4/h12-15,23H,5-11H2,1-4H3,(H,21,24)/t12-,13+,14+,15?,20?/m1/s1. The Bertz CT molecular complexity index is 649. The Kier molecular flexibility index (Phi) is 6.01. The van der Waals surface area contributed by atoms with E-state index in [0.717, 1.165) is 12.8 Å². The second-order valence-electron chi connectivity index (χ2n) is 9.01. The molecule has 2 unspecified atom stereocenters. The van der Waals surface area contributed by atoms with Crippen molar-refractivity contribution in [3.05, 3.63) is 0 Å². The molecule has 0 radical (unpaired) electrons. The van der Waals surface area contributed by atoms with E-state index in [1.54, 1.807) is 23.6 Å². The number of esters is 1. The Morgan fingerprint density at radius 3 is 2.68 bits per heavy atom. The van der Waals surface area contributed by atoms with Gasteiger partial charge in [-0.3, -0.25) is 14.4 Å². The largest absolute Gasteiger partial charge is 0.466 e. The maximum Gasteiger partial charge on any atom is 0.310 e. The minimum atomic E-state index is -0.586. The minimum Gasteiger partial charge on any atom is -0.466 e. The first-order valence-electron chi connectivity index (χ1n) is 10.2. The molecule has 1 spiro atoms. The lowest BCUT2D eigenvalue weighted by molar-refractivity contribution is -0.153. The Balaban J connectivity index is 1.94. The topological polar surface area (TPSA) is 95.9 Å². The highest BCUT2D eigenvalue weighted by Crippen LogP contribution is 2.66. The number of fused-ring (bicyclic) bond motifs is 1. The number of aliphatic hydroxyl groups excluding tert-OH is 1. The molecule has 158 valence electrons. The zero-order valence-corrected chi connectivity index (χ0v) is 18.0. The summed E-state index contributed by atoms with van der Waals surface area (Å²) in [4.78, 5) is 41.0. The van der Waals surface area contributed by atoms with Crippen molar-refractivity contribution in [1.29, 1.82) is 0 Å². The molecule has 0 aromatic heterocycles. The summed E-state index contributed by atoms with van der Waals surface area (Å²) < 4.78 is 4.72. The van der Waals surface area contributed by atoms with Gasteiger partial charge >= 0.3 is 5.97 Å². The fraction of sp³-hybridized carbons (Fsp3) is 0.850. The Labute approximate surface area is 170 Å². The fourth-order valence-electron chi connectivity index (χ4n) is 5.03. The Hall–Kier alpha value is -1.28. The summed E-state index contributed by atoms with van der Waals surface area (Å²) in [5, 5.41) is 12.2. The molecule has 5 atom stereocenters. The third-order valence-corrected chi connectivity index (χ3v) is 7.86. The maximum absolute atomic E-state index is 13.4. The first kappa shape index (κ1) is 21.4. The van der Waals surface area contributed by atoms with Crippen molar-refractivity contribution in [1.82, 2.24) is 10.2 Å². The van der Waals surface area contributed by atoms with Crippen molar-refractivity contribution in [3.63, 3.8) is 0 Å². The normalized spacial score (nSPS) is 33.9. The molecule has 0 aromatic rings. The van der Waals surface area contributed by atoms with Crippen LogP contribution in [0.3, 0.4) is 0 Å². The first-order chi connectivity index (χ1) is 13.2. The molecule has 0 saturated carbocycles. The molecule has 0 aromatic carbocycles. The zero-order valence-electron chi connectivity index (χ0n) is 17.2. The van der Waals surface area contributed by atoms with E-state index in [2.05, 4.69) is 5.32 Å². The van der Waals surface area contributed by atoms with Gasteiger partial charge in [0.05, 0.1) is 23.2 Å². The van der Waals surface area contributed by atoms with E-state index in [4.69, 9.17) is 9.84 Å². The maximum atomic E-state index is 13.4. The fourth-order valence-corrected chi connectivity index (χ4v) is 7.24. The van der Waals surface area contributed by atoms with E-state index < -0.39 is 28.2 Å². The van der Waals surface area contributed by atoms with Gasteiger partial charge in [-0.15, -0.1) is 11.8 Å². The molecule has 8 heteroatoms. The lowest BCUT2D eigenvalue weighted by atomic mass is 9.71. The molecule has 3 heterocycles.